The van der Waals surface area contributed by atoms with Crippen LogP contribution >= 0.6 is 11.6 Å². The van der Waals surface area contributed by atoms with Crippen LogP contribution in [0.25, 0.3) is 0 Å². The molecule has 0 aromatic heterocycles. The third-order valence-electron chi connectivity index (χ3n) is 2.88. The number of piperidine rings is 1. The Labute approximate surface area is 95.6 Å². The van der Waals surface area contributed by atoms with E-state index in [4.69, 9.17) is 16.3 Å². The first kappa shape index (κ1) is 10.8. The molecule has 1 atom stereocenters. The molecule has 0 amide bonds. The molecular weight excluding hydrogens is 210 g/mol. The average molecular weight is 226 g/mol. The minimum atomic E-state index is 0.422. The molecule has 0 unspecified atom stereocenters. The first-order valence-electron chi connectivity index (χ1n) is 5.38. The van der Waals surface area contributed by atoms with E-state index in [9.17, 15) is 0 Å². The van der Waals surface area contributed by atoms with Gasteiger partial charge in [-0.1, -0.05) is 24.1 Å². The molecule has 1 aliphatic rings. The highest BCUT2D eigenvalue weighted by Crippen LogP contribution is 2.32. The van der Waals surface area contributed by atoms with E-state index in [1.165, 1.54) is 24.8 Å². The Bertz CT molecular complexity index is 334. The fourth-order valence-corrected chi connectivity index (χ4v) is 2.25. The highest BCUT2D eigenvalue weighted by Gasteiger charge is 2.18. The van der Waals surface area contributed by atoms with Gasteiger partial charge in [-0.15, -0.1) is 0 Å². The van der Waals surface area contributed by atoms with Gasteiger partial charge >= 0.3 is 0 Å². The molecule has 0 aliphatic carbocycles. The van der Waals surface area contributed by atoms with Gasteiger partial charge in [-0.3, -0.25) is 0 Å². The van der Waals surface area contributed by atoms with E-state index in [1.54, 1.807) is 7.11 Å². The number of hydrogen-bond acceptors (Lipinski definition) is 2. The lowest BCUT2D eigenvalue weighted by atomic mass is 9.97. The van der Waals surface area contributed by atoms with E-state index in [0.717, 1.165) is 17.3 Å². The second-order valence-corrected chi connectivity index (χ2v) is 4.33. The average Bonchev–Trinajstić information content (AvgIpc) is 2.30. The molecule has 0 bridgehead atoms. The smallest absolute Gasteiger partial charge is 0.125 e. The van der Waals surface area contributed by atoms with Gasteiger partial charge in [0.1, 0.15) is 5.75 Å². The monoisotopic (exact) mass is 225 g/mol. The summed E-state index contributed by atoms with van der Waals surface area (Å²) in [5, 5.41) is 4.23. The van der Waals surface area contributed by atoms with Gasteiger partial charge < -0.3 is 10.1 Å². The lowest BCUT2D eigenvalue weighted by Gasteiger charge is -2.25. The highest BCUT2D eigenvalue weighted by molar-refractivity contribution is 6.30. The minimum absolute atomic E-state index is 0.422. The summed E-state index contributed by atoms with van der Waals surface area (Å²) >= 11 is 5.93. The van der Waals surface area contributed by atoms with Crippen LogP contribution in [0.5, 0.6) is 5.75 Å². The van der Waals surface area contributed by atoms with Crippen LogP contribution in [0.1, 0.15) is 30.9 Å². The fraction of sp³-hybridized carbons (Fsp3) is 0.500. The molecule has 1 aliphatic heterocycles. The maximum Gasteiger partial charge on any atom is 0.125 e. The number of hydrogen-bond donors (Lipinski definition) is 1. The van der Waals surface area contributed by atoms with Crippen molar-refractivity contribution in [1.29, 1.82) is 0 Å². The molecule has 1 N–H and O–H groups in total. The second-order valence-electron chi connectivity index (χ2n) is 3.89. The van der Waals surface area contributed by atoms with Gasteiger partial charge in [0.05, 0.1) is 7.11 Å². The Kier molecular flexibility index (Phi) is 3.49. The largest absolute Gasteiger partial charge is 0.496 e. The van der Waals surface area contributed by atoms with E-state index in [1.807, 2.05) is 12.1 Å². The van der Waals surface area contributed by atoms with Gasteiger partial charge in [0.2, 0.25) is 0 Å². The lowest BCUT2D eigenvalue weighted by Crippen LogP contribution is -2.27. The molecule has 3 heteroatoms. The van der Waals surface area contributed by atoms with Crippen LogP contribution < -0.4 is 10.1 Å². The molecule has 0 saturated carbocycles. The minimum Gasteiger partial charge on any atom is -0.496 e. The van der Waals surface area contributed by atoms with Gasteiger partial charge in [-0.05, 0) is 31.5 Å². The van der Waals surface area contributed by atoms with Gasteiger partial charge in [0.25, 0.3) is 0 Å². The normalized spacial score (nSPS) is 21.3. The van der Waals surface area contributed by atoms with Crippen molar-refractivity contribution in [2.24, 2.45) is 0 Å². The van der Waals surface area contributed by atoms with Crippen molar-refractivity contribution >= 4 is 11.6 Å². The SMILES string of the molecule is COc1cc(Cl)ccc1[C@@H]1CCCCN1. The summed E-state index contributed by atoms with van der Waals surface area (Å²) < 4.78 is 5.35. The van der Waals surface area contributed by atoms with Crippen LogP contribution in [0.3, 0.4) is 0 Å². The van der Waals surface area contributed by atoms with Crippen molar-refractivity contribution in [1.82, 2.24) is 5.32 Å². The molecule has 0 radical (unpaired) electrons. The van der Waals surface area contributed by atoms with Crippen molar-refractivity contribution in [2.45, 2.75) is 25.3 Å². The van der Waals surface area contributed by atoms with Gasteiger partial charge in [0, 0.05) is 16.6 Å². The number of halogens is 1. The summed E-state index contributed by atoms with van der Waals surface area (Å²) in [6, 6.07) is 6.29. The van der Waals surface area contributed by atoms with Gasteiger partial charge in [0.15, 0.2) is 0 Å². The molecule has 1 aromatic carbocycles. The third-order valence-corrected chi connectivity index (χ3v) is 3.12. The number of nitrogens with one attached hydrogen (secondary N) is 1. The second kappa shape index (κ2) is 4.86. The summed E-state index contributed by atoms with van der Waals surface area (Å²) in [4.78, 5) is 0. The Morgan fingerprint density at radius 3 is 2.93 bits per heavy atom. The standard InChI is InChI=1S/C12H16ClNO/c1-15-12-8-9(13)5-6-10(12)11-4-2-3-7-14-11/h5-6,8,11,14H,2-4,7H2,1H3/t11-/m0/s1. The Morgan fingerprint density at radius 1 is 1.40 bits per heavy atom. The molecule has 0 spiro atoms. The number of rotatable bonds is 2. The highest BCUT2D eigenvalue weighted by atomic mass is 35.5. The lowest BCUT2D eigenvalue weighted by molar-refractivity contribution is 0.373. The summed E-state index contributed by atoms with van der Waals surface area (Å²) in [5.74, 6) is 0.891. The van der Waals surface area contributed by atoms with Crippen LogP contribution in [0.2, 0.25) is 5.02 Å². The van der Waals surface area contributed by atoms with Crippen molar-refractivity contribution < 1.29 is 4.74 Å². The summed E-state index contributed by atoms with van der Waals surface area (Å²) in [5.41, 5.74) is 1.22. The fourth-order valence-electron chi connectivity index (χ4n) is 2.09. The van der Waals surface area contributed by atoms with E-state index in [-0.39, 0.29) is 0 Å². The van der Waals surface area contributed by atoms with Crippen LogP contribution in [0.15, 0.2) is 18.2 Å². The topological polar surface area (TPSA) is 21.3 Å². The van der Waals surface area contributed by atoms with Crippen LogP contribution in [-0.2, 0) is 0 Å². The molecule has 1 heterocycles. The van der Waals surface area contributed by atoms with Crippen LogP contribution in [0.4, 0.5) is 0 Å². The number of benzene rings is 1. The maximum atomic E-state index is 5.93. The van der Waals surface area contributed by atoms with Crippen molar-refractivity contribution in [3.63, 3.8) is 0 Å². The van der Waals surface area contributed by atoms with E-state index in [2.05, 4.69) is 11.4 Å². The third kappa shape index (κ3) is 2.44. The van der Waals surface area contributed by atoms with E-state index in [0.29, 0.717) is 6.04 Å². The van der Waals surface area contributed by atoms with E-state index >= 15 is 0 Å². The Balaban J connectivity index is 2.25. The first-order valence-corrected chi connectivity index (χ1v) is 5.76. The predicted molar refractivity (Wildman–Crippen MR) is 62.6 cm³/mol. The van der Waals surface area contributed by atoms with E-state index < -0.39 is 0 Å². The molecule has 82 valence electrons. The Morgan fingerprint density at radius 2 is 2.27 bits per heavy atom. The molecule has 2 rings (SSSR count). The predicted octanol–water partition coefficient (Wildman–Crippen LogP) is 3.16. The van der Waals surface area contributed by atoms with Crippen molar-refractivity contribution in [2.75, 3.05) is 13.7 Å². The summed E-state index contributed by atoms with van der Waals surface area (Å²) in [6.45, 7) is 1.09. The number of ether oxygens (including phenoxy) is 1. The maximum absolute atomic E-state index is 5.93. The molecule has 2 nitrogen and oxygen atoms in total. The molecule has 1 saturated heterocycles. The quantitative estimate of drug-likeness (QED) is 0.835. The Hall–Kier alpha value is -0.730. The van der Waals surface area contributed by atoms with Crippen molar-refractivity contribution in [3.05, 3.63) is 28.8 Å². The molecule has 1 aromatic rings. The summed E-state index contributed by atoms with van der Waals surface area (Å²) in [6.07, 6.45) is 3.73. The zero-order valence-electron chi connectivity index (χ0n) is 8.92. The van der Waals surface area contributed by atoms with Crippen LogP contribution in [-0.4, -0.2) is 13.7 Å². The zero-order valence-corrected chi connectivity index (χ0v) is 9.68. The van der Waals surface area contributed by atoms with Gasteiger partial charge in [-0.2, -0.15) is 0 Å². The first-order chi connectivity index (χ1) is 7.31. The zero-order chi connectivity index (χ0) is 10.7. The van der Waals surface area contributed by atoms with Crippen molar-refractivity contribution in [3.8, 4) is 5.75 Å². The summed E-state index contributed by atoms with van der Waals surface area (Å²) in [7, 11) is 1.69. The van der Waals surface area contributed by atoms with Crippen LogP contribution in [0, 0.1) is 0 Å². The van der Waals surface area contributed by atoms with Gasteiger partial charge in [-0.25, -0.2) is 0 Å². The molecular formula is C12H16ClNO. The number of methoxy groups -OCH3 is 1. The molecule has 15 heavy (non-hydrogen) atoms. The molecule has 1 fully saturated rings.